The van der Waals surface area contributed by atoms with E-state index in [1.165, 1.54) is 6.20 Å². The molecule has 1 heterocycles. The number of nitrogens with zero attached hydrogens (tertiary/aromatic N) is 2. The van der Waals surface area contributed by atoms with Gasteiger partial charge in [0.05, 0.1) is 5.56 Å². The maximum absolute atomic E-state index is 13.5. The van der Waals surface area contributed by atoms with Crippen molar-refractivity contribution in [3.63, 3.8) is 0 Å². The average molecular weight is 596 g/mol. The molecule has 38 heavy (non-hydrogen) atoms. The highest BCUT2D eigenvalue weighted by atomic mass is 79.9. The minimum Gasteiger partial charge on any atom is -0.370 e. The van der Waals surface area contributed by atoms with E-state index in [-0.39, 0.29) is 24.8 Å². The third kappa shape index (κ3) is 10.6. The number of hydrogen-bond donors (Lipinski definition) is 6. The Morgan fingerprint density at radius 1 is 1.00 bits per heavy atom. The smallest absolute Gasteiger partial charge is 0.253 e. The molecule has 4 amide bonds. The van der Waals surface area contributed by atoms with Crippen LogP contribution in [-0.4, -0.2) is 59.2 Å². The molecule has 2 rings (SSSR count). The molecule has 1 fully saturated rings. The number of amides is 4. The number of hydrogen-bond acceptors (Lipinski definition) is 6. The zero-order valence-electron chi connectivity index (χ0n) is 21.7. The summed E-state index contributed by atoms with van der Waals surface area (Å²) >= 11 is 3.30. The second kappa shape index (κ2) is 15.9. The molecule has 0 spiro atoms. The van der Waals surface area contributed by atoms with Gasteiger partial charge in [-0.05, 0) is 53.6 Å². The molecule has 12 nitrogen and oxygen atoms in total. The van der Waals surface area contributed by atoms with Crippen molar-refractivity contribution in [3.8, 4) is 0 Å². The number of aliphatic imine (C=N–C) groups is 1. The average Bonchev–Trinajstić information content (AvgIpc) is 2.88. The number of carbonyl (C=O) groups excluding carboxylic acids is 4. The van der Waals surface area contributed by atoms with Crippen LogP contribution in [0.25, 0.3) is 0 Å². The summed E-state index contributed by atoms with van der Waals surface area (Å²) in [5, 5.41) is 8.21. The van der Waals surface area contributed by atoms with Gasteiger partial charge < -0.3 is 33.2 Å². The Bertz CT molecular complexity index is 995. The highest BCUT2D eigenvalue weighted by molar-refractivity contribution is 9.10. The Morgan fingerprint density at radius 3 is 2.26 bits per heavy atom. The fourth-order valence-corrected chi connectivity index (χ4v) is 4.82. The molecule has 13 heteroatoms. The summed E-state index contributed by atoms with van der Waals surface area (Å²) in [7, 11) is 0. The molecule has 0 bridgehead atoms. The van der Waals surface area contributed by atoms with Crippen LogP contribution in [0, 0.1) is 5.92 Å². The van der Waals surface area contributed by atoms with Gasteiger partial charge in [0.15, 0.2) is 5.96 Å². The monoisotopic (exact) mass is 594 g/mol. The van der Waals surface area contributed by atoms with Crippen LogP contribution < -0.4 is 33.2 Å². The summed E-state index contributed by atoms with van der Waals surface area (Å²) in [4.78, 5) is 59.2. The van der Waals surface area contributed by atoms with Crippen molar-refractivity contribution in [1.82, 2.24) is 20.9 Å². The van der Waals surface area contributed by atoms with Gasteiger partial charge in [-0.1, -0.05) is 39.0 Å². The summed E-state index contributed by atoms with van der Waals surface area (Å²) in [6, 6.07) is -1.10. The second-order valence-corrected chi connectivity index (χ2v) is 10.5. The van der Waals surface area contributed by atoms with E-state index in [0.29, 0.717) is 29.3 Å². The number of guanidine groups is 1. The summed E-state index contributed by atoms with van der Waals surface area (Å²) in [6.45, 7) is 1.97. The topological polar surface area (TPSA) is 208 Å². The van der Waals surface area contributed by atoms with Crippen molar-refractivity contribution >= 4 is 45.5 Å². The number of rotatable bonds is 14. The summed E-state index contributed by atoms with van der Waals surface area (Å²) < 4.78 is 0.635. The molecule has 3 atom stereocenters. The van der Waals surface area contributed by atoms with E-state index in [4.69, 9.17) is 17.2 Å². The standard InChI is InChI=1S/C25H39BrN8O4/c1-2-18(21(27)35)32-23(37)19(9-6-10-31-25(28)29)33-24(38)20(11-15-7-4-3-5-8-15)34-22(36)16-12-17(26)14-30-13-16/h12-15,18-20H,2-11H2,1H3,(H2,27,35)(H,32,37)(H,33,38)(H,34,36)(H4,28,29,31). The van der Waals surface area contributed by atoms with E-state index in [1.807, 2.05) is 0 Å². The SMILES string of the molecule is CCC(NC(=O)C(CCCN=C(N)N)NC(=O)C(CC1CCCCC1)NC(=O)c1cncc(Br)c1)C(N)=O. The van der Waals surface area contributed by atoms with Crippen molar-refractivity contribution in [1.29, 1.82) is 0 Å². The summed E-state index contributed by atoms with van der Waals surface area (Å²) in [5.41, 5.74) is 16.4. The van der Waals surface area contributed by atoms with Gasteiger partial charge >= 0.3 is 0 Å². The first-order valence-electron chi connectivity index (χ1n) is 13.0. The van der Waals surface area contributed by atoms with Crippen LogP contribution in [0.15, 0.2) is 27.9 Å². The molecule has 1 aromatic rings. The van der Waals surface area contributed by atoms with Crippen LogP contribution in [0.4, 0.5) is 0 Å². The molecule has 1 saturated carbocycles. The summed E-state index contributed by atoms with van der Waals surface area (Å²) in [5.74, 6) is -1.95. The molecule has 1 aromatic heterocycles. The molecule has 1 aliphatic rings. The molecule has 0 aromatic carbocycles. The Kier molecular flexibility index (Phi) is 13.0. The fraction of sp³-hybridized carbons (Fsp3) is 0.600. The Morgan fingerprint density at radius 2 is 1.66 bits per heavy atom. The van der Waals surface area contributed by atoms with Crippen molar-refractivity contribution in [3.05, 3.63) is 28.5 Å². The highest BCUT2D eigenvalue weighted by Crippen LogP contribution is 2.27. The number of pyridine rings is 1. The predicted molar refractivity (Wildman–Crippen MR) is 148 cm³/mol. The van der Waals surface area contributed by atoms with Crippen molar-refractivity contribution in [2.45, 2.75) is 82.8 Å². The molecule has 0 aliphatic heterocycles. The molecular formula is C25H39BrN8O4. The predicted octanol–water partition coefficient (Wildman–Crippen LogP) is 0.831. The number of carbonyl (C=O) groups is 4. The quantitative estimate of drug-likeness (QED) is 0.104. The molecular weight excluding hydrogens is 556 g/mol. The zero-order valence-corrected chi connectivity index (χ0v) is 23.3. The molecule has 1 aliphatic carbocycles. The van der Waals surface area contributed by atoms with E-state index in [0.717, 1.165) is 32.1 Å². The minimum atomic E-state index is -0.983. The number of halogens is 1. The number of primary amides is 1. The van der Waals surface area contributed by atoms with Crippen LogP contribution in [0.5, 0.6) is 0 Å². The first-order valence-corrected chi connectivity index (χ1v) is 13.8. The highest BCUT2D eigenvalue weighted by Gasteiger charge is 2.31. The lowest BCUT2D eigenvalue weighted by Gasteiger charge is -2.28. The Hall–Kier alpha value is -3.22. The van der Waals surface area contributed by atoms with Crippen LogP contribution >= 0.6 is 15.9 Å². The van der Waals surface area contributed by atoms with Crippen LogP contribution in [0.2, 0.25) is 0 Å². The lowest BCUT2D eigenvalue weighted by atomic mass is 9.84. The molecule has 9 N–H and O–H groups in total. The third-order valence-electron chi connectivity index (χ3n) is 6.53. The zero-order chi connectivity index (χ0) is 28.1. The van der Waals surface area contributed by atoms with Gasteiger partial charge in [0, 0.05) is 23.4 Å². The second-order valence-electron chi connectivity index (χ2n) is 9.54. The lowest BCUT2D eigenvalue weighted by molar-refractivity contribution is -0.132. The van der Waals surface area contributed by atoms with E-state index >= 15 is 0 Å². The van der Waals surface area contributed by atoms with Crippen LogP contribution in [0.3, 0.4) is 0 Å². The summed E-state index contributed by atoms with van der Waals surface area (Å²) in [6.07, 6.45) is 9.57. The number of nitrogens with two attached hydrogens (primary N) is 3. The van der Waals surface area contributed by atoms with Gasteiger partial charge in [0.2, 0.25) is 17.7 Å². The molecule has 3 unspecified atom stereocenters. The van der Waals surface area contributed by atoms with E-state index in [2.05, 4.69) is 41.9 Å². The van der Waals surface area contributed by atoms with Gasteiger partial charge in [-0.2, -0.15) is 0 Å². The lowest BCUT2D eigenvalue weighted by Crippen LogP contribution is -2.56. The molecule has 210 valence electrons. The minimum absolute atomic E-state index is 0.0768. The Labute approximate surface area is 231 Å². The van der Waals surface area contributed by atoms with Crippen LogP contribution in [0.1, 0.15) is 75.1 Å². The maximum Gasteiger partial charge on any atom is 0.253 e. The van der Waals surface area contributed by atoms with Crippen molar-refractivity contribution in [2.24, 2.45) is 28.1 Å². The maximum atomic E-state index is 13.5. The first kappa shape index (κ1) is 31.0. The van der Waals surface area contributed by atoms with E-state index in [1.54, 1.807) is 19.2 Å². The van der Waals surface area contributed by atoms with E-state index in [9.17, 15) is 19.2 Å². The first-order chi connectivity index (χ1) is 18.1. The van der Waals surface area contributed by atoms with Gasteiger partial charge in [-0.15, -0.1) is 0 Å². The van der Waals surface area contributed by atoms with Gasteiger partial charge in [0.1, 0.15) is 18.1 Å². The van der Waals surface area contributed by atoms with Gasteiger partial charge in [0.25, 0.3) is 5.91 Å². The normalized spacial score (nSPS) is 15.9. The molecule has 0 saturated heterocycles. The van der Waals surface area contributed by atoms with Crippen molar-refractivity contribution < 1.29 is 19.2 Å². The van der Waals surface area contributed by atoms with Crippen LogP contribution in [-0.2, 0) is 14.4 Å². The number of nitrogens with one attached hydrogen (secondary N) is 3. The fourth-order valence-electron chi connectivity index (χ4n) is 4.46. The Balaban J connectivity index is 2.21. The third-order valence-corrected chi connectivity index (χ3v) is 6.96. The largest absolute Gasteiger partial charge is 0.370 e. The van der Waals surface area contributed by atoms with Gasteiger partial charge in [-0.25, -0.2) is 0 Å². The van der Waals surface area contributed by atoms with Gasteiger partial charge in [-0.3, -0.25) is 29.2 Å². The van der Waals surface area contributed by atoms with Crippen molar-refractivity contribution in [2.75, 3.05) is 6.54 Å². The van der Waals surface area contributed by atoms with E-state index < -0.39 is 41.8 Å². The number of aromatic nitrogens is 1. The molecule has 0 radical (unpaired) electrons.